The van der Waals surface area contributed by atoms with E-state index in [4.69, 9.17) is 9.47 Å². The van der Waals surface area contributed by atoms with Gasteiger partial charge in [-0.2, -0.15) is 0 Å². The topological polar surface area (TPSA) is 93.1 Å². The quantitative estimate of drug-likeness (QED) is 0.285. The van der Waals surface area contributed by atoms with Crippen LogP contribution in [0.5, 0.6) is 11.5 Å². The van der Waals surface area contributed by atoms with E-state index in [-0.39, 0.29) is 0 Å². The second-order valence-electron chi connectivity index (χ2n) is 9.09. The summed E-state index contributed by atoms with van der Waals surface area (Å²) in [5.41, 5.74) is 5.31. The summed E-state index contributed by atoms with van der Waals surface area (Å²) in [5, 5.41) is 18.7. The molecular formula is C31H26O6. The summed E-state index contributed by atoms with van der Waals surface area (Å²) in [6, 6.07) is 31.4. The zero-order valence-electron chi connectivity index (χ0n) is 20.4. The van der Waals surface area contributed by atoms with E-state index >= 15 is 0 Å². The first-order valence-corrected chi connectivity index (χ1v) is 12.0. The molecule has 186 valence electrons. The normalized spacial score (nSPS) is 14.6. The highest BCUT2D eigenvalue weighted by atomic mass is 16.5. The van der Waals surface area contributed by atoms with Gasteiger partial charge in [0.05, 0.1) is 5.41 Å². The fourth-order valence-corrected chi connectivity index (χ4v) is 5.14. The van der Waals surface area contributed by atoms with Crippen molar-refractivity contribution in [3.63, 3.8) is 0 Å². The maximum absolute atomic E-state index is 11.4. The van der Waals surface area contributed by atoms with Gasteiger partial charge in [0.25, 0.3) is 0 Å². The first-order valence-electron chi connectivity index (χ1n) is 12.0. The van der Waals surface area contributed by atoms with E-state index in [2.05, 4.69) is 24.3 Å². The predicted molar refractivity (Wildman–Crippen MR) is 139 cm³/mol. The van der Waals surface area contributed by atoms with Crippen LogP contribution in [0, 0.1) is 0 Å². The zero-order valence-corrected chi connectivity index (χ0v) is 20.4. The number of hydrogen-bond donors (Lipinski definition) is 2. The van der Waals surface area contributed by atoms with E-state index in [0.29, 0.717) is 11.5 Å². The fraction of sp³-hybridized carbons (Fsp3) is 0.161. The van der Waals surface area contributed by atoms with E-state index in [0.717, 1.165) is 33.4 Å². The van der Waals surface area contributed by atoms with Gasteiger partial charge in [0.2, 0.25) is 0 Å². The van der Waals surface area contributed by atoms with Crippen LogP contribution in [0.15, 0.2) is 97.1 Å². The van der Waals surface area contributed by atoms with Crippen molar-refractivity contribution in [2.24, 2.45) is 0 Å². The molecule has 6 heteroatoms. The standard InChI is InChI=1S/C31H26O6/c1-19(29(32)33)36-23-11-7-9-21(17-23)31(22-10-8-12-24(18-22)37-20(2)30(34)35)27-15-5-3-13-25(27)26-14-4-6-16-28(26)31/h3-20H,1-2H3,(H,32,33)(H,34,35). The average Bonchev–Trinajstić information content (AvgIpc) is 3.20. The molecule has 0 fully saturated rings. The van der Waals surface area contributed by atoms with Crippen LogP contribution < -0.4 is 9.47 Å². The van der Waals surface area contributed by atoms with Crippen molar-refractivity contribution in [3.05, 3.63) is 119 Å². The van der Waals surface area contributed by atoms with Gasteiger partial charge in [0, 0.05) is 0 Å². The molecule has 0 aliphatic heterocycles. The Morgan fingerprint density at radius 1 is 0.622 bits per heavy atom. The van der Waals surface area contributed by atoms with E-state index in [1.54, 1.807) is 12.1 Å². The Balaban J connectivity index is 1.77. The van der Waals surface area contributed by atoms with Gasteiger partial charge in [-0.3, -0.25) is 0 Å². The lowest BCUT2D eigenvalue weighted by Crippen LogP contribution is -2.29. The van der Waals surface area contributed by atoms with Crippen LogP contribution >= 0.6 is 0 Å². The van der Waals surface area contributed by atoms with Crippen molar-refractivity contribution in [1.82, 2.24) is 0 Å². The predicted octanol–water partition coefficient (Wildman–Crippen LogP) is 5.75. The molecule has 4 aromatic rings. The molecule has 2 atom stereocenters. The SMILES string of the molecule is CC(Oc1cccc(C2(c3cccc(OC(C)C(=O)O)c3)c3ccccc3-c3ccccc32)c1)C(=O)O. The maximum atomic E-state index is 11.4. The summed E-state index contributed by atoms with van der Waals surface area (Å²) in [6.07, 6.45) is -2.02. The molecule has 6 nitrogen and oxygen atoms in total. The van der Waals surface area contributed by atoms with Gasteiger partial charge in [-0.25, -0.2) is 9.59 Å². The molecule has 0 radical (unpaired) electrons. The number of benzene rings is 4. The van der Waals surface area contributed by atoms with Crippen LogP contribution in [0.25, 0.3) is 11.1 Å². The highest BCUT2D eigenvalue weighted by Gasteiger charge is 2.46. The summed E-state index contributed by atoms with van der Waals surface area (Å²) in [5.74, 6) is -1.20. The van der Waals surface area contributed by atoms with E-state index < -0.39 is 29.6 Å². The minimum atomic E-state index is -1.05. The molecule has 2 unspecified atom stereocenters. The minimum Gasteiger partial charge on any atom is -0.479 e. The van der Waals surface area contributed by atoms with Gasteiger partial charge in [-0.1, -0.05) is 72.8 Å². The highest BCUT2D eigenvalue weighted by Crippen LogP contribution is 2.56. The average molecular weight is 495 g/mol. The van der Waals surface area contributed by atoms with Crippen molar-refractivity contribution in [3.8, 4) is 22.6 Å². The third-order valence-corrected chi connectivity index (χ3v) is 6.81. The summed E-state index contributed by atoms with van der Waals surface area (Å²) >= 11 is 0. The van der Waals surface area contributed by atoms with Crippen LogP contribution in [0.2, 0.25) is 0 Å². The van der Waals surface area contributed by atoms with Gasteiger partial charge in [-0.05, 0) is 71.5 Å². The summed E-state index contributed by atoms with van der Waals surface area (Å²) < 4.78 is 11.5. The molecule has 2 N–H and O–H groups in total. The number of fused-ring (bicyclic) bond motifs is 3. The number of hydrogen-bond acceptors (Lipinski definition) is 4. The van der Waals surface area contributed by atoms with Crippen molar-refractivity contribution in [2.45, 2.75) is 31.5 Å². The highest BCUT2D eigenvalue weighted by molar-refractivity contribution is 5.86. The van der Waals surface area contributed by atoms with Crippen molar-refractivity contribution in [2.75, 3.05) is 0 Å². The Labute approximate surface area is 214 Å². The smallest absolute Gasteiger partial charge is 0.344 e. The molecule has 0 heterocycles. The summed E-state index contributed by atoms with van der Waals surface area (Å²) in [4.78, 5) is 22.9. The van der Waals surface area contributed by atoms with Crippen LogP contribution in [-0.4, -0.2) is 34.4 Å². The van der Waals surface area contributed by atoms with Gasteiger partial charge in [0.15, 0.2) is 12.2 Å². The molecule has 0 saturated heterocycles. The lowest BCUT2D eigenvalue weighted by molar-refractivity contribution is -0.145. The number of rotatable bonds is 8. The molecule has 4 aromatic carbocycles. The van der Waals surface area contributed by atoms with Gasteiger partial charge < -0.3 is 19.7 Å². The summed E-state index contributed by atoms with van der Waals surface area (Å²) in [7, 11) is 0. The van der Waals surface area contributed by atoms with Gasteiger partial charge in [0.1, 0.15) is 11.5 Å². The number of aliphatic carboxylic acids is 2. The monoisotopic (exact) mass is 494 g/mol. The second kappa shape index (κ2) is 9.47. The molecule has 0 spiro atoms. The Kier molecular flexibility index (Phi) is 6.17. The Hall–Kier alpha value is -4.58. The number of carboxylic acids is 2. The van der Waals surface area contributed by atoms with E-state index in [1.807, 2.05) is 60.7 Å². The van der Waals surface area contributed by atoms with Crippen molar-refractivity contribution >= 4 is 11.9 Å². The van der Waals surface area contributed by atoms with Crippen LogP contribution in [0.1, 0.15) is 36.1 Å². The molecule has 0 saturated carbocycles. The zero-order chi connectivity index (χ0) is 26.2. The maximum Gasteiger partial charge on any atom is 0.344 e. The van der Waals surface area contributed by atoms with E-state index in [1.165, 1.54) is 13.8 Å². The molecule has 1 aliphatic rings. The molecule has 5 rings (SSSR count). The largest absolute Gasteiger partial charge is 0.479 e. The molecule has 0 bridgehead atoms. The minimum absolute atomic E-state index is 0.445. The summed E-state index contributed by atoms with van der Waals surface area (Å²) in [6.45, 7) is 2.99. The fourth-order valence-electron chi connectivity index (χ4n) is 5.14. The molecule has 1 aliphatic carbocycles. The van der Waals surface area contributed by atoms with Crippen molar-refractivity contribution < 1.29 is 29.3 Å². The molecule has 0 aromatic heterocycles. The van der Waals surface area contributed by atoms with Crippen molar-refractivity contribution in [1.29, 1.82) is 0 Å². The molecule has 37 heavy (non-hydrogen) atoms. The number of carboxylic acid groups (broad SMARTS) is 2. The third-order valence-electron chi connectivity index (χ3n) is 6.81. The number of carbonyl (C=O) groups is 2. The Morgan fingerprint density at radius 3 is 1.43 bits per heavy atom. The lowest BCUT2D eigenvalue weighted by atomic mass is 9.67. The van der Waals surface area contributed by atoms with Crippen LogP contribution in [0.3, 0.4) is 0 Å². The van der Waals surface area contributed by atoms with Gasteiger partial charge in [-0.15, -0.1) is 0 Å². The molecule has 0 amide bonds. The molecular weight excluding hydrogens is 468 g/mol. The van der Waals surface area contributed by atoms with Gasteiger partial charge >= 0.3 is 11.9 Å². The third kappa shape index (κ3) is 4.10. The Bertz CT molecular complexity index is 1380. The first kappa shape index (κ1) is 24.1. The Morgan fingerprint density at radius 2 is 1.03 bits per heavy atom. The first-order chi connectivity index (χ1) is 17.8. The van der Waals surface area contributed by atoms with Crippen LogP contribution in [0.4, 0.5) is 0 Å². The van der Waals surface area contributed by atoms with E-state index in [9.17, 15) is 19.8 Å². The van der Waals surface area contributed by atoms with Crippen LogP contribution in [-0.2, 0) is 15.0 Å². The second-order valence-corrected chi connectivity index (χ2v) is 9.09. The lowest BCUT2D eigenvalue weighted by Gasteiger charge is -2.34. The number of ether oxygens (including phenoxy) is 2.